The lowest BCUT2D eigenvalue weighted by atomic mass is 9.87. The van der Waals surface area contributed by atoms with Crippen LogP contribution in [-0.2, 0) is 46.5 Å². The fourth-order valence-electron chi connectivity index (χ4n) is 5.43. The summed E-state index contributed by atoms with van der Waals surface area (Å²) in [5, 5.41) is 13.8. The Balaban J connectivity index is 1.92. The van der Waals surface area contributed by atoms with Crippen LogP contribution < -0.4 is 32.3 Å². The van der Waals surface area contributed by atoms with Crippen molar-refractivity contribution in [1.29, 1.82) is 0 Å². The highest BCUT2D eigenvalue weighted by Gasteiger charge is 2.36. The minimum Gasteiger partial charge on any atom is -0.378 e. The van der Waals surface area contributed by atoms with Crippen LogP contribution in [0.3, 0.4) is 0 Å². The van der Waals surface area contributed by atoms with Crippen LogP contribution in [0.25, 0.3) is 0 Å². The van der Waals surface area contributed by atoms with Gasteiger partial charge in [-0.3, -0.25) is 28.8 Å². The Morgan fingerprint density at radius 1 is 1.00 bits per heavy atom. The number of carbonyl (C=O) groups is 6. The first-order chi connectivity index (χ1) is 22.3. The molecule has 0 spiro atoms. The van der Waals surface area contributed by atoms with Crippen LogP contribution in [0.15, 0.2) is 36.4 Å². The van der Waals surface area contributed by atoms with Crippen LogP contribution in [0.4, 0.5) is 0 Å². The van der Waals surface area contributed by atoms with Gasteiger partial charge in [0.1, 0.15) is 24.2 Å². The quantitative estimate of drug-likeness (QED) is 0.209. The molecule has 2 bridgehead atoms. The molecule has 2 aliphatic heterocycles. The van der Waals surface area contributed by atoms with Gasteiger partial charge in [-0.25, -0.2) is 0 Å². The maximum absolute atomic E-state index is 13.8. The molecule has 0 radical (unpaired) electrons. The highest BCUT2D eigenvalue weighted by atomic mass is 16.5. The summed E-state index contributed by atoms with van der Waals surface area (Å²) in [6.45, 7) is 8.88. The summed E-state index contributed by atoms with van der Waals surface area (Å²) in [5.74, 6) is -3.08. The third-order valence-corrected chi connectivity index (χ3v) is 7.76. The Morgan fingerprint density at radius 3 is 2.47 bits per heavy atom. The van der Waals surface area contributed by atoms with Gasteiger partial charge in [0.05, 0.1) is 13.2 Å². The number of hydrogen-bond acceptors (Lipinski definition) is 8. The van der Waals surface area contributed by atoms with Gasteiger partial charge in [-0.1, -0.05) is 45.0 Å². The third-order valence-electron chi connectivity index (χ3n) is 7.76. The summed E-state index contributed by atoms with van der Waals surface area (Å²) in [4.78, 5) is 80.5. The van der Waals surface area contributed by atoms with Crippen LogP contribution in [0, 0.1) is 5.41 Å². The van der Waals surface area contributed by atoms with E-state index in [1.54, 1.807) is 18.2 Å². The number of rotatable bonds is 7. The molecule has 1 fully saturated rings. The molecule has 1 saturated heterocycles. The Morgan fingerprint density at radius 2 is 1.74 bits per heavy atom. The summed E-state index contributed by atoms with van der Waals surface area (Å²) in [5.41, 5.74) is 6.54. The lowest BCUT2D eigenvalue weighted by Gasteiger charge is -2.29. The molecule has 1 aromatic carbocycles. The molecule has 2 aliphatic rings. The fraction of sp³-hybridized carbons (Fsp3) is 0.576. The highest BCUT2D eigenvalue weighted by Crippen LogP contribution is 2.22. The van der Waals surface area contributed by atoms with Crippen LogP contribution in [0.2, 0.25) is 0 Å². The molecular weight excluding hydrogens is 606 g/mol. The molecule has 4 atom stereocenters. The van der Waals surface area contributed by atoms with E-state index in [1.807, 2.05) is 26.8 Å². The molecule has 258 valence electrons. The van der Waals surface area contributed by atoms with Gasteiger partial charge in [-0.05, 0) is 42.7 Å². The number of nitrogens with two attached hydrogens (primary N) is 1. The number of nitrogens with one attached hydrogen (secondary N) is 5. The first kappa shape index (κ1) is 37.2. The van der Waals surface area contributed by atoms with Crippen LogP contribution in [0.5, 0.6) is 0 Å². The van der Waals surface area contributed by atoms with Gasteiger partial charge in [0.25, 0.3) is 0 Å². The highest BCUT2D eigenvalue weighted by molar-refractivity contribution is 5.99. The standard InChI is InChI=1S/C33H49N7O7/c1-21-29(43)39-25(19-33(2,3)4)31(45)38-24(30(44)35-13-16-47-15-12-34)18-22-7-5-8-23(17-22)20-36-27(41)10-11-28(42)40-14-6-9-26(40)32(46)37-21/h5,7-8,10-11,17,21,24-26H,6,9,12-16,18-20,34H2,1-4H3,(H,35,44)(H,36,41)(H,37,46)(H,38,45)(H,39,43)/b11-10+/t21-,24-,25+,26+/m0/s1. The fourth-order valence-corrected chi connectivity index (χ4v) is 5.43. The number of ether oxygens (including phenoxy) is 1. The van der Waals surface area contributed by atoms with Crippen molar-refractivity contribution in [2.45, 2.75) is 84.1 Å². The van der Waals surface area contributed by atoms with E-state index in [2.05, 4.69) is 26.6 Å². The van der Waals surface area contributed by atoms with Crippen LogP contribution in [0.1, 0.15) is 58.1 Å². The van der Waals surface area contributed by atoms with Gasteiger partial charge in [0.15, 0.2) is 0 Å². The Kier molecular flexibility index (Phi) is 13.9. The third kappa shape index (κ3) is 12.1. The van der Waals surface area contributed by atoms with E-state index in [9.17, 15) is 28.8 Å². The van der Waals surface area contributed by atoms with Crippen LogP contribution >= 0.6 is 0 Å². The summed E-state index contributed by atoms with van der Waals surface area (Å²) >= 11 is 0. The van der Waals surface area contributed by atoms with Gasteiger partial charge in [0, 0.05) is 44.8 Å². The number of hydrogen-bond donors (Lipinski definition) is 6. The van der Waals surface area contributed by atoms with E-state index in [4.69, 9.17) is 10.5 Å². The summed E-state index contributed by atoms with van der Waals surface area (Å²) in [6, 6.07) is 3.35. The average Bonchev–Trinajstić information content (AvgIpc) is 3.51. The van der Waals surface area contributed by atoms with Crippen molar-refractivity contribution in [2.75, 3.05) is 32.8 Å². The average molecular weight is 656 g/mol. The predicted molar refractivity (Wildman–Crippen MR) is 174 cm³/mol. The minimum atomic E-state index is -1.03. The van der Waals surface area contributed by atoms with Gasteiger partial charge >= 0.3 is 0 Å². The summed E-state index contributed by atoms with van der Waals surface area (Å²) in [7, 11) is 0. The van der Waals surface area contributed by atoms with Crippen molar-refractivity contribution in [1.82, 2.24) is 31.5 Å². The minimum absolute atomic E-state index is 0.122. The Bertz CT molecular complexity index is 1330. The van der Waals surface area contributed by atoms with Crippen molar-refractivity contribution in [3.63, 3.8) is 0 Å². The normalized spacial score (nSPS) is 24.2. The Labute approximate surface area is 276 Å². The number of nitrogens with zero attached hydrogens (tertiary/aromatic N) is 1. The molecule has 0 unspecified atom stereocenters. The second-order valence-corrected chi connectivity index (χ2v) is 13.1. The van der Waals surface area contributed by atoms with Gasteiger partial charge in [-0.2, -0.15) is 0 Å². The van der Waals surface area contributed by atoms with E-state index in [-0.39, 0.29) is 38.0 Å². The predicted octanol–water partition coefficient (Wildman–Crippen LogP) is -0.592. The largest absolute Gasteiger partial charge is 0.378 e. The second-order valence-electron chi connectivity index (χ2n) is 13.1. The SMILES string of the molecule is C[C@@H]1NC(=O)[C@H]2CCCN2C(=O)/C=C/C(=O)NCc2cccc(c2)C[C@@H](C(=O)NCCOCCN)NC(=O)[C@@H](CC(C)(C)C)NC1=O. The van der Waals surface area contributed by atoms with Gasteiger partial charge in [-0.15, -0.1) is 0 Å². The number of carbonyl (C=O) groups excluding carboxylic acids is 6. The molecule has 0 saturated carbocycles. The molecular formula is C33H49N7O7. The molecule has 6 amide bonds. The molecule has 3 rings (SSSR count). The van der Waals surface area contributed by atoms with Crippen molar-refractivity contribution < 1.29 is 33.5 Å². The maximum atomic E-state index is 13.8. The molecule has 0 aliphatic carbocycles. The zero-order chi connectivity index (χ0) is 34.6. The lowest BCUT2D eigenvalue weighted by Crippen LogP contribution is -2.58. The van der Waals surface area contributed by atoms with E-state index >= 15 is 0 Å². The zero-order valence-corrected chi connectivity index (χ0v) is 27.7. The van der Waals surface area contributed by atoms with Crippen molar-refractivity contribution in [3.05, 3.63) is 47.5 Å². The van der Waals surface area contributed by atoms with Crippen LogP contribution in [-0.4, -0.2) is 97.4 Å². The Hall–Kier alpha value is -4.30. The topological polar surface area (TPSA) is 201 Å². The first-order valence-corrected chi connectivity index (χ1v) is 16.1. The second kappa shape index (κ2) is 17.6. The molecule has 14 heteroatoms. The van der Waals surface area contributed by atoms with Gasteiger partial charge in [0.2, 0.25) is 35.4 Å². The monoisotopic (exact) mass is 655 g/mol. The van der Waals surface area contributed by atoms with Crippen molar-refractivity contribution >= 4 is 35.4 Å². The van der Waals surface area contributed by atoms with E-state index in [0.717, 1.165) is 23.3 Å². The zero-order valence-electron chi connectivity index (χ0n) is 27.7. The molecule has 14 nitrogen and oxygen atoms in total. The van der Waals surface area contributed by atoms with E-state index in [1.165, 1.54) is 11.8 Å². The molecule has 47 heavy (non-hydrogen) atoms. The number of amides is 6. The number of fused-ring (bicyclic) bond motifs is 3. The van der Waals surface area contributed by atoms with E-state index in [0.29, 0.717) is 32.5 Å². The molecule has 1 aromatic rings. The first-order valence-electron chi connectivity index (χ1n) is 16.1. The molecule has 0 aromatic heterocycles. The summed E-state index contributed by atoms with van der Waals surface area (Å²) in [6.07, 6.45) is 3.62. The van der Waals surface area contributed by atoms with Crippen molar-refractivity contribution in [2.24, 2.45) is 11.1 Å². The number of benzene rings is 1. The summed E-state index contributed by atoms with van der Waals surface area (Å²) < 4.78 is 5.35. The van der Waals surface area contributed by atoms with Crippen molar-refractivity contribution in [3.8, 4) is 0 Å². The molecule has 7 N–H and O–H groups in total. The molecule has 2 heterocycles. The lowest BCUT2D eigenvalue weighted by molar-refractivity contribution is -0.137. The smallest absolute Gasteiger partial charge is 0.247 e. The van der Waals surface area contributed by atoms with Gasteiger partial charge < -0.3 is 42.0 Å². The maximum Gasteiger partial charge on any atom is 0.247 e. The van der Waals surface area contributed by atoms with E-state index < -0.39 is 59.6 Å².